The van der Waals surface area contributed by atoms with Gasteiger partial charge in [-0.25, -0.2) is 12.8 Å². The molecule has 3 rings (SSSR count). The molecule has 0 saturated heterocycles. The summed E-state index contributed by atoms with van der Waals surface area (Å²) < 4.78 is 44.1. The molecule has 0 spiro atoms. The van der Waals surface area contributed by atoms with Crippen LogP contribution in [0.5, 0.6) is 5.75 Å². The Morgan fingerprint density at radius 2 is 1.75 bits per heavy atom. The number of rotatable bonds is 9. The van der Waals surface area contributed by atoms with E-state index in [-0.39, 0.29) is 31.4 Å². The molecule has 6 nitrogen and oxygen atoms in total. The monoisotopic (exact) mass is 476 g/mol. The van der Waals surface area contributed by atoms with E-state index < -0.39 is 10.0 Å². The fourth-order valence-electron chi connectivity index (χ4n) is 2.92. The van der Waals surface area contributed by atoms with Gasteiger partial charge in [0.1, 0.15) is 18.2 Å². The Kier molecular flexibility index (Phi) is 7.71. The number of hydrogen-bond donors (Lipinski definition) is 1. The molecule has 1 N–H and O–H groups in total. The smallest absolute Gasteiger partial charge is 0.251 e. The minimum absolute atomic E-state index is 0.104. The van der Waals surface area contributed by atoms with E-state index in [1.165, 1.54) is 28.6 Å². The van der Waals surface area contributed by atoms with Gasteiger partial charge in [0.25, 0.3) is 5.91 Å². The van der Waals surface area contributed by atoms with Crippen molar-refractivity contribution in [2.24, 2.45) is 0 Å². The van der Waals surface area contributed by atoms with Gasteiger partial charge in [0.15, 0.2) is 0 Å². The Morgan fingerprint density at radius 1 is 1.06 bits per heavy atom. The summed E-state index contributed by atoms with van der Waals surface area (Å²) in [5.74, 6) is -0.115. The zero-order valence-corrected chi connectivity index (χ0v) is 18.9. The Labute approximate surface area is 191 Å². The van der Waals surface area contributed by atoms with Crippen LogP contribution in [0.1, 0.15) is 15.9 Å². The minimum atomic E-state index is -3.54. The topological polar surface area (TPSA) is 75.7 Å². The molecular formula is C23H22ClFN2O4S. The van der Waals surface area contributed by atoms with Gasteiger partial charge in [-0.3, -0.25) is 9.10 Å². The summed E-state index contributed by atoms with van der Waals surface area (Å²) in [5.41, 5.74) is 1.61. The fourth-order valence-corrected chi connectivity index (χ4v) is 3.99. The first-order valence-corrected chi connectivity index (χ1v) is 11.9. The molecule has 0 fully saturated rings. The third-order valence-electron chi connectivity index (χ3n) is 4.51. The van der Waals surface area contributed by atoms with E-state index >= 15 is 0 Å². The molecule has 168 valence electrons. The van der Waals surface area contributed by atoms with Crippen molar-refractivity contribution in [3.63, 3.8) is 0 Å². The van der Waals surface area contributed by atoms with Crippen molar-refractivity contribution in [1.82, 2.24) is 5.32 Å². The van der Waals surface area contributed by atoms with Gasteiger partial charge in [-0.05, 0) is 60.2 Å². The van der Waals surface area contributed by atoms with Gasteiger partial charge in [-0.1, -0.05) is 29.8 Å². The Balaban J connectivity index is 1.57. The molecule has 0 aromatic heterocycles. The summed E-state index contributed by atoms with van der Waals surface area (Å²) in [7, 11) is -3.54. The van der Waals surface area contributed by atoms with Gasteiger partial charge in [0, 0.05) is 10.6 Å². The van der Waals surface area contributed by atoms with Crippen LogP contribution >= 0.6 is 11.6 Å². The number of hydrogen-bond acceptors (Lipinski definition) is 4. The molecule has 0 saturated carbocycles. The number of carbonyl (C=O) groups is 1. The van der Waals surface area contributed by atoms with E-state index in [9.17, 15) is 17.6 Å². The van der Waals surface area contributed by atoms with E-state index in [2.05, 4.69) is 5.32 Å². The van der Waals surface area contributed by atoms with Crippen molar-refractivity contribution in [2.75, 3.05) is 23.7 Å². The molecular weight excluding hydrogens is 455 g/mol. The predicted molar refractivity (Wildman–Crippen MR) is 123 cm³/mol. The van der Waals surface area contributed by atoms with Crippen LogP contribution in [0, 0.1) is 5.82 Å². The lowest BCUT2D eigenvalue weighted by atomic mass is 10.1. The highest BCUT2D eigenvalue weighted by molar-refractivity contribution is 7.92. The summed E-state index contributed by atoms with van der Waals surface area (Å²) in [6.07, 6.45) is 1.13. The molecule has 1 amide bonds. The van der Waals surface area contributed by atoms with E-state index in [1.54, 1.807) is 48.5 Å². The van der Waals surface area contributed by atoms with E-state index in [0.717, 1.165) is 6.26 Å². The second kappa shape index (κ2) is 10.5. The lowest BCUT2D eigenvalue weighted by molar-refractivity contribution is 0.0947. The van der Waals surface area contributed by atoms with Crippen molar-refractivity contribution >= 4 is 33.2 Å². The lowest BCUT2D eigenvalue weighted by Crippen LogP contribution is -2.29. The van der Waals surface area contributed by atoms with Crippen LogP contribution in [0.2, 0.25) is 5.02 Å². The van der Waals surface area contributed by atoms with Crippen molar-refractivity contribution in [1.29, 1.82) is 0 Å². The number of sulfonamides is 1. The number of carbonyl (C=O) groups excluding carboxylic acids is 1. The average Bonchev–Trinajstić information content (AvgIpc) is 2.76. The SMILES string of the molecule is CS(=O)(=O)N(Cc1ccc(C(=O)NCCOc2ccc(F)cc2)cc1)c1cccc(Cl)c1. The van der Waals surface area contributed by atoms with Crippen molar-refractivity contribution in [3.05, 3.63) is 94.8 Å². The number of amides is 1. The van der Waals surface area contributed by atoms with E-state index in [4.69, 9.17) is 16.3 Å². The third-order valence-corrected chi connectivity index (χ3v) is 5.88. The van der Waals surface area contributed by atoms with Crippen molar-refractivity contribution in [3.8, 4) is 5.75 Å². The van der Waals surface area contributed by atoms with Gasteiger partial charge >= 0.3 is 0 Å². The molecule has 32 heavy (non-hydrogen) atoms. The Morgan fingerprint density at radius 3 is 2.38 bits per heavy atom. The van der Waals surface area contributed by atoms with Crippen LogP contribution in [-0.4, -0.2) is 33.7 Å². The first-order valence-electron chi connectivity index (χ1n) is 9.71. The van der Waals surface area contributed by atoms with Crippen molar-refractivity contribution < 1.29 is 22.3 Å². The molecule has 0 bridgehead atoms. The van der Waals surface area contributed by atoms with Crippen molar-refractivity contribution in [2.45, 2.75) is 6.54 Å². The molecule has 3 aromatic carbocycles. The molecule has 0 heterocycles. The molecule has 9 heteroatoms. The van der Waals surface area contributed by atoms with Crippen LogP contribution in [0.15, 0.2) is 72.8 Å². The maximum absolute atomic E-state index is 12.9. The summed E-state index contributed by atoms with van der Waals surface area (Å²) >= 11 is 6.00. The van der Waals surface area contributed by atoms with Gasteiger partial charge in [0.2, 0.25) is 10.0 Å². The highest BCUT2D eigenvalue weighted by atomic mass is 35.5. The standard InChI is InChI=1S/C23H22ClFN2O4S/c1-32(29,30)27(21-4-2-3-19(24)15-21)16-17-5-7-18(8-6-17)23(28)26-13-14-31-22-11-9-20(25)10-12-22/h2-12,15H,13-14,16H2,1H3,(H,26,28). The Hall–Kier alpha value is -3.10. The van der Waals surface area contributed by atoms with Crippen LogP contribution in [-0.2, 0) is 16.6 Å². The zero-order valence-electron chi connectivity index (χ0n) is 17.3. The second-order valence-corrected chi connectivity index (χ2v) is 9.35. The molecule has 0 radical (unpaired) electrons. The van der Waals surface area contributed by atoms with Crippen LogP contribution in [0.25, 0.3) is 0 Å². The predicted octanol–water partition coefficient (Wildman–Crippen LogP) is 4.25. The van der Waals surface area contributed by atoms with Crippen LogP contribution < -0.4 is 14.4 Å². The molecule has 0 unspecified atom stereocenters. The average molecular weight is 477 g/mol. The highest BCUT2D eigenvalue weighted by Gasteiger charge is 2.18. The molecule has 0 aliphatic heterocycles. The number of halogens is 2. The molecule has 3 aromatic rings. The molecule has 0 aliphatic rings. The quantitative estimate of drug-likeness (QED) is 0.468. The fraction of sp³-hybridized carbons (Fsp3) is 0.174. The maximum atomic E-state index is 12.9. The first kappa shape index (κ1) is 23.6. The van der Waals surface area contributed by atoms with E-state index in [0.29, 0.717) is 27.6 Å². The molecule has 0 aliphatic carbocycles. The molecule has 0 atom stereocenters. The minimum Gasteiger partial charge on any atom is -0.492 e. The summed E-state index contributed by atoms with van der Waals surface area (Å²) in [6.45, 7) is 0.611. The number of ether oxygens (including phenoxy) is 1. The normalized spacial score (nSPS) is 11.1. The number of nitrogens with zero attached hydrogens (tertiary/aromatic N) is 1. The van der Waals surface area contributed by atoms with Crippen LogP contribution in [0.4, 0.5) is 10.1 Å². The van der Waals surface area contributed by atoms with Gasteiger partial charge < -0.3 is 10.1 Å². The third kappa shape index (κ3) is 6.70. The second-order valence-electron chi connectivity index (χ2n) is 7.00. The number of benzene rings is 3. The summed E-state index contributed by atoms with van der Waals surface area (Å²) in [5, 5.41) is 3.17. The first-order chi connectivity index (χ1) is 15.2. The zero-order chi connectivity index (χ0) is 23.1. The summed E-state index contributed by atoms with van der Waals surface area (Å²) in [6, 6.07) is 18.9. The highest BCUT2D eigenvalue weighted by Crippen LogP contribution is 2.24. The lowest BCUT2D eigenvalue weighted by Gasteiger charge is -2.22. The summed E-state index contributed by atoms with van der Waals surface area (Å²) in [4.78, 5) is 12.3. The van der Waals surface area contributed by atoms with Gasteiger partial charge in [-0.2, -0.15) is 0 Å². The van der Waals surface area contributed by atoms with E-state index in [1.807, 2.05) is 0 Å². The number of nitrogens with one attached hydrogen (secondary N) is 1. The number of anilines is 1. The Bertz CT molecular complexity index is 1170. The van der Waals surface area contributed by atoms with Crippen LogP contribution in [0.3, 0.4) is 0 Å². The van der Waals surface area contributed by atoms with Gasteiger partial charge in [-0.15, -0.1) is 0 Å². The maximum Gasteiger partial charge on any atom is 0.251 e. The van der Waals surface area contributed by atoms with Gasteiger partial charge in [0.05, 0.1) is 25.0 Å². The largest absolute Gasteiger partial charge is 0.492 e.